The number of nitrogens with one attached hydrogen (secondary N) is 1. The average molecular weight is 352 g/mol. The fourth-order valence-electron chi connectivity index (χ4n) is 1.09. The SMILES string of the molecule is CNCCC(=N[S+]([O-])I)c1cnc(C)cn1. The fourth-order valence-corrected chi connectivity index (χ4v) is 2.16. The molecule has 0 aliphatic heterocycles. The van der Waals surface area contributed by atoms with Gasteiger partial charge in [0.05, 0.1) is 11.9 Å². The minimum Gasteiger partial charge on any atom is -0.583 e. The molecule has 0 radical (unpaired) electrons. The molecule has 1 unspecified atom stereocenters. The first-order valence-corrected chi connectivity index (χ1v) is 8.37. The Morgan fingerprint density at radius 3 is 2.81 bits per heavy atom. The second-order valence-corrected chi connectivity index (χ2v) is 6.00. The molecule has 0 saturated heterocycles. The summed E-state index contributed by atoms with van der Waals surface area (Å²) in [5.41, 5.74) is 2.26. The first-order chi connectivity index (χ1) is 7.63. The van der Waals surface area contributed by atoms with Crippen molar-refractivity contribution < 1.29 is 4.55 Å². The van der Waals surface area contributed by atoms with Crippen molar-refractivity contribution in [2.24, 2.45) is 4.40 Å². The zero-order valence-corrected chi connectivity index (χ0v) is 12.1. The minimum atomic E-state index is -1.24. The maximum Gasteiger partial charge on any atom is 0.283 e. The highest BCUT2D eigenvalue weighted by Gasteiger charge is 2.10. The van der Waals surface area contributed by atoms with Crippen LogP contribution < -0.4 is 5.32 Å². The number of hydrogen-bond donors (Lipinski definition) is 1. The molecule has 1 rings (SSSR count). The molecule has 0 amide bonds. The highest BCUT2D eigenvalue weighted by Crippen LogP contribution is 2.09. The van der Waals surface area contributed by atoms with Gasteiger partial charge in [-0.25, -0.2) is 0 Å². The Balaban J connectivity index is 2.87. The van der Waals surface area contributed by atoms with Crippen LogP contribution >= 0.6 is 21.2 Å². The maximum absolute atomic E-state index is 11.1. The molecule has 1 N–H and O–H groups in total. The summed E-state index contributed by atoms with van der Waals surface area (Å²) in [4.78, 5) is 8.38. The topological polar surface area (TPSA) is 73.2 Å². The molecule has 16 heavy (non-hydrogen) atoms. The molecule has 1 heterocycles. The third kappa shape index (κ3) is 4.73. The Morgan fingerprint density at radius 1 is 1.56 bits per heavy atom. The van der Waals surface area contributed by atoms with E-state index in [1.165, 1.54) is 0 Å². The van der Waals surface area contributed by atoms with Crippen molar-refractivity contribution in [1.29, 1.82) is 0 Å². The van der Waals surface area contributed by atoms with Gasteiger partial charge in [-0.3, -0.25) is 9.97 Å². The van der Waals surface area contributed by atoms with E-state index in [9.17, 15) is 4.55 Å². The second-order valence-electron chi connectivity index (χ2n) is 3.14. The predicted molar refractivity (Wildman–Crippen MR) is 74.0 cm³/mol. The van der Waals surface area contributed by atoms with Crippen LogP contribution in [0.1, 0.15) is 17.8 Å². The fraction of sp³-hybridized carbons (Fsp3) is 0.444. The maximum atomic E-state index is 11.1. The van der Waals surface area contributed by atoms with Crippen LogP contribution in [0.4, 0.5) is 0 Å². The monoisotopic (exact) mass is 352 g/mol. The normalized spacial score (nSPS) is 13.9. The van der Waals surface area contributed by atoms with E-state index < -0.39 is 8.53 Å². The van der Waals surface area contributed by atoms with E-state index in [0.717, 1.165) is 18.0 Å². The van der Waals surface area contributed by atoms with Gasteiger partial charge in [0.25, 0.3) is 21.2 Å². The summed E-state index contributed by atoms with van der Waals surface area (Å²) < 4.78 is 15.1. The Bertz CT molecular complexity index is 355. The van der Waals surface area contributed by atoms with Gasteiger partial charge in [0.2, 0.25) is 0 Å². The average Bonchev–Trinajstić information content (AvgIpc) is 2.25. The van der Waals surface area contributed by atoms with Gasteiger partial charge in [-0.05, 0) is 14.0 Å². The van der Waals surface area contributed by atoms with Crippen molar-refractivity contribution >= 4 is 35.5 Å². The second kappa shape index (κ2) is 7.15. The van der Waals surface area contributed by atoms with Crippen molar-refractivity contribution in [3.8, 4) is 0 Å². The number of halogens is 1. The standard InChI is InChI=1S/C9H13IN4OS/c1-7-5-13-9(6-12-7)8(3-4-11-2)14-16(10)15/h5-6,11H,3-4H2,1-2H3. The van der Waals surface area contributed by atoms with Crippen molar-refractivity contribution in [2.75, 3.05) is 13.6 Å². The predicted octanol–water partition coefficient (Wildman–Crippen LogP) is 1.20. The van der Waals surface area contributed by atoms with Crippen LogP contribution in [0, 0.1) is 6.92 Å². The molecule has 1 atom stereocenters. The Hall–Kier alpha value is -0.250. The third-order valence-electron chi connectivity index (χ3n) is 1.87. The van der Waals surface area contributed by atoms with Gasteiger partial charge < -0.3 is 9.87 Å². The number of nitrogens with zero attached hydrogens (tertiary/aromatic N) is 3. The number of aryl methyl sites for hydroxylation is 1. The highest BCUT2D eigenvalue weighted by molar-refractivity contribution is 14.2. The van der Waals surface area contributed by atoms with E-state index in [4.69, 9.17) is 0 Å². The molecule has 0 aliphatic rings. The molecule has 0 aromatic carbocycles. The van der Waals surface area contributed by atoms with E-state index >= 15 is 0 Å². The zero-order chi connectivity index (χ0) is 12.0. The lowest BCUT2D eigenvalue weighted by molar-refractivity contribution is 0.613. The molecule has 0 spiro atoms. The van der Waals surface area contributed by atoms with Crippen LogP contribution in [-0.4, -0.2) is 33.8 Å². The minimum absolute atomic E-state index is 0.684. The first kappa shape index (κ1) is 13.8. The summed E-state index contributed by atoms with van der Waals surface area (Å²) in [5, 5.41) is 3.02. The largest absolute Gasteiger partial charge is 0.583 e. The van der Waals surface area contributed by atoms with Crippen LogP contribution in [0.25, 0.3) is 0 Å². The van der Waals surface area contributed by atoms with Gasteiger partial charge in [-0.2, -0.15) is 0 Å². The molecular weight excluding hydrogens is 339 g/mol. The third-order valence-corrected chi connectivity index (χ3v) is 2.83. The molecule has 0 bridgehead atoms. The van der Waals surface area contributed by atoms with Crippen LogP contribution in [0.3, 0.4) is 0 Å². The van der Waals surface area contributed by atoms with Gasteiger partial charge >= 0.3 is 0 Å². The molecule has 0 aliphatic carbocycles. The van der Waals surface area contributed by atoms with Gasteiger partial charge in [0, 0.05) is 19.2 Å². The Morgan fingerprint density at radius 2 is 2.31 bits per heavy atom. The lowest BCUT2D eigenvalue weighted by atomic mass is 10.2. The lowest BCUT2D eigenvalue weighted by Gasteiger charge is -2.04. The van der Waals surface area contributed by atoms with Crippen molar-refractivity contribution in [2.45, 2.75) is 13.3 Å². The van der Waals surface area contributed by atoms with E-state index in [1.54, 1.807) is 33.6 Å². The zero-order valence-electron chi connectivity index (χ0n) is 9.11. The summed E-state index contributed by atoms with van der Waals surface area (Å²) >= 11 is 1.76. The number of hydrogen-bond acceptors (Lipinski definition) is 5. The summed E-state index contributed by atoms with van der Waals surface area (Å²) in [7, 11) is 0.618. The van der Waals surface area contributed by atoms with E-state index in [0.29, 0.717) is 12.1 Å². The molecule has 1 aromatic heterocycles. The Labute approximate surface area is 110 Å². The van der Waals surface area contributed by atoms with Crippen molar-refractivity contribution in [3.63, 3.8) is 0 Å². The summed E-state index contributed by atoms with van der Waals surface area (Å²) in [6.45, 7) is 2.64. The van der Waals surface area contributed by atoms with Crippen LogP contribution in [0.2, 0.25) is 0 Å². The summed E-state index contributed by atoms with van der Waals surface area (Å²) in [6.07, 6.45) is 4.02. The van der Waals surface area contributed by atoms with Crippen LogP contribution in [0.15, 0.2) is 16.8 Å². The molecule has 5 nitrogen and oxygen atoms in total. The lowest BCUT2D eigenvalue weighted by Crippen LogP contribution is -2.15. The van der Waals surface area contributed by atoms with Gasteiger partial charge in [0.1, 0.15) is 11.4 Å². The Kier molecular flexibility index (Phi) is 6.17. The van der Waals surface area contributed by atoms with E-state index in [1.807, 2.05) is 14.0 Å². The number of rotatable bonds is 5. The molecule has 0 fully saturated rings. The van der Waals surface area contributed by atoms with Crippen molar-refractivity contribution in [3.05, 3.63) is 23.8 Å². The van der Waals surface area contributed by atoms with Gasteiger partial charge in [0.15, 0.2) is 8.53 Å². The van der Waals surface area contributed by atoms with E-state index in [-0.39, 0.29) is 0 Å². The van der Waals surface area contributed by atoms with Gasteiger partial charge in [-0.15, -0.1) is 0 Å². The van der Waals surface area contributed by atoms with Crippen LogP contribution in [0.5, 0.6) is 0 Å². The van der Waals surface area contributed by atoms with E-state index in [2.05, 4.69) is 19.7 Å². The molecule has 1 aromatic rings. The molecule has 7 heteroatoms. The highest BCUT2D eigenvalue weighted by atomic mass is 127. The summed E-state index contributed by atoms with van der Waals surface area (Å²) in [5.74, 6) is 0. The molecule has 88 valence electrons. The quantitative estimate of drug-likeness (QED) is 0.491. The molecular formula is C9H13IN4OS. The summed E-state index contributed by atoms with van der Waals surface area (Å²) in [6, 6.07) is 0. The van der Waals surface area contributed by atoms with Gasteiger partial charge in [-0.1, -0.05) is 4.40 Å². The first-order valence-electron chi connectivity index (χ1n) is 4.73. The smallest absolute Gasteiger partial charge is 0.283 e. The van der Waals surface area contributed by atoms with Crippen molar-refractivity contribution in [1.82, 2.24) is 15.3 Å². The van der Waals surface area contributed by atoms with Crippen LogP contribution in [-0.2, 0) is 8.53 Å². The molecule has 0 saturated carbocycles. The number of aromatic nitrogens is 2.